The molecule has 0 saturated heterocycles. The third-order valence-electron chi connectivity index (χ3n) is 2.05. The van der Waals surface area contributed by atoms with E-state index in [-0.39, 0.29) is 11.7 Å². The second-order valence-electron chi connectivity index (χ2n) is 3.13. The van der Waals surface area contributed by atoms with Gasteiger partial charge in [-0.15, -0.1) is 11.6 Å². The molecule has 0 aliphatic rings. The minimum Gasteiger partial charge on any atom is -0.497 e. The van der Waals surface area contributed by atoms with E-state index in [1.807, 2.05) is 24.3 Å². The van der Waals surface area contributed by atoms with E-state index >= 15 is 0 Å². The topological polar surface area (TPSA) is 26.3 Å². The smallest absolute Gasteiger partial charge is 0.157 e. The molecule has 3 heteroatoms. The Hall–Kier alpha value is -1.28. The van der Waals surface area contributed by atoms with Crippen molar-refractivity contribution in [3.8, 4) is 5.75 Å². The van der Waals surface area contributed by atoms with Crippen LogP contribution in [0.3, 0.4) is 0 Å². The van der Waals surface area contributed by atoms with E-state index in [2.05, 4.69) is 0 Å². The second kappa shape index (κ2) is 5.56. The molecule has 1 aromatic rings. The fraction of sp³-hybridized carbons (Fsp3) is 0.250. The first kappa shape index (κ1) is 11.8. The Morgan fingerprint density at radius 1 is 1.40 bits per heavy atom. The Balaban J connectivity index is 2.92. The highest BCUT2D eigenvalue weighted by atomic mass is 35.5. The van der Waals surface area contributed by atoms with Crippen molar-refractivity contribution in [2.75, 3.05) is 13.0 Å². The first-order valence-electron chi connectivity index (χ1n) is 4.59. The molecule has 0 spiro atoms. The van der Waals surface area contributed by atoms with Crippen molar-refractivity contribution < 1.29 is 9.53 Å². The zero-order valence-electron chi connectivity index (χ0n) is 8.79. The van der Waals surface area contributed by atoms with Gasteiger partial charge in [0.05, 0.1) is 13.0 Å². The largest absolute Gasteiger partial charge is 0.497 e. The van der Waals surface area contributed by atoms with Gasteiger partial charge in [-0.1, -0.05) is 12.1 Å². The Labute approximate surface area is 94.5 Å². The molecule has 0 amide bonds. The number of allylic oxidation sites excluding steroid dienone is 1. The van der Waals surface area contributed by atoms with Crippen LogP contribution in [0.1, 0.15) is 12.5 Å². The standard InChI is InChI=1S/C12H13ClO2/c1-9(14)11(8-13)7-10-3-5-12(15-2)6-4-10/h3-7H,8H2,1-2H3/b11-7-. The summed E-state index contributed by atoms with van der Waals surface area (Å²) in [4.78, 5) is 11.1. The lowest BCUT2D eigenvalue weighted by Crippen LogP contribution is -1.97. The van der Waals surface area contributed by atoms with Crippen molar-refractivity contribution in [3.05, 3.63) is 35.4 Å². The molecule has 0 radical (unpaired) electrons. The van der Waals surface area contributed by atoms with E-state index in [4.69, 9.17) is 16.3 Å². The molecule has 0 heterocycles. The maximum Gasteiger partial charge on any atom is 0.157 e. The zero-order chi connectivity index (χ0) is 11.3. The Kier molecular flexibility index (Phi) is 4.37. The van der Waals surface area contributed by atoms with Crippen LogP contribution in [-0.4, -0.2) is 18.8 Å². The van der Waals surface area contributed by atoms with Gasteiger partial charge >= 0.3 is 0 Å². The van der Waals surface area contributed by atoms with Gasteiger partial charge in [0.2, 0.25) is 0 Å². The fourth-order valence-corrected chi connectivity index (χ4v) is 1.40. The number of Topliss-reactive ketones (excluding diaryl/α,β-unsaturated/α-hetero) is 1. The molecule has 0 fully saturated rings. The van der Waals surface area contributed by atoms with Gasteiger partial charge < -0.3 is 4.74 Å². The summed E-state index contributed by atoms with van der Waals surface area (Å²) in [6.45, 7) is 1.51. The number of carbonyl (C=O) groups excluding carboxylic acids is 1. The first-order chi connectivity index (χ1) is 7.17. The van der Waals surface area contributed by atoms with Gasteiger partial charge in [0.1, 0.15) is 5.75 Å². The lowest BCUT2D eigenvalue weighted by molar-refractivity contribution is -0.113. The second-order valence-corrected chi connectivity index (χ2v) is 3.40. The molecule has 0 aliphatic heterocycles. The molecule has 0 bridgehead atoms. The summed E-state index contributed by atoms with van der Waals surface area (Å²) in [5, 5.41) is 0. The van der Waals surface area contributed by atoms with Crippen LogP contribution in [0, 0.1) is 0 Å². The summed E-state index contributed by atoms with van der Waals surface area (Å²) in [7, 11) is 1.62. The third-order valence-corrected chi connectivity index (χ3v) is 2.34. The summed E-state index contributed by atoms with van der Waals surface area (Å²) in [6.07, 6.45) is 1.79. The van der Waals surface area contributed by atoms with E-state index in [0.29, 0.717) is 5.57 Å². The zero-order valence-corrected chi connectivity index (χ0v) is 9.54. The molecule has 1 rings (SSSR count). The summed E-state index contributed by atoms with van der Waals surface area (Å²) >= 11 is 5.66. The van der Waals surface area contributed by atoms with Gasteiger partial charge in [0.25, 0.3) is 0 Å². The highest BCUT2D eigenvalue weighted by Gasteiger charge is 2.01. The summed E-state index contributed by atoms with van der Waals surface area (Å²) in [5.41, 5.74) is 1.56. The van der Waals surface area contributed by atoms with Gasteiger partial charge in [-0.05, 0) is 30.7 Å². The quantitative estimate of drug-likeness (QED) is 0.581. The van der Waals surface area contributed by atoms with Gasteiger partial charge in [0, 0.05) is 5.57 Å². The fourth-order valence-electron chi connectivity index (χ4n) is 1.14. The number of hydrogen-bond acceptors (Lipinski definition) is 2. The van der Waals surface area contributed by atoms with E-state index < -0.39 is 0 Å². The van der Waals surface area contributed by atoms with Crippen LogP contribution in [0.25, 0.3) is 6.08 Å². The number of ketones is 1. The molecule has 15 heavy (non-hydrogen) atoms. The van der Waals surface area contributed by atoms with E-state index in [0.717, 1.165) is 11.3 Å². The number of benzene rings is 1. The Morgan fingerprint density at radius 3 is 2.40 bits per heavy atom. The van der Waals surface area contributed by atoms with E-state index in [9.17, 15) is 4.79 Å². The van der Waals surface area contributed by atoms with Crippen LogP contribution in [0.15, 0.2) is 29.8 Å². The SMILES string of the molecule is COc1ccc(/C=C(/CCl)C(C)=O)cc1. The number of hydrogen-bond donors (Lipinski definition) is 0. The van der Waals surface area contributed by atoms with Gasteiger partial charge in [0.15, 0.2) is 5.78 Å². The molecule has 0 saturated carbocycles. The van der Waals surface area contributed by atoms with Crippen molar-refractivity contribution in [2.45, 2.75) is 6.92 Å². The molecule has 2 nitrogen and oxygen atoms in total. The van der Waals surface area contributed by atoms with Crippen LogP contribution in [-0.2, 0) is 4.79 Å². The molecular weight excluding hydrogens is 212 g/mol. The normalized spacial score (nSPS) is 11.3. The number of alkyl halides is 1. The minimum absolute atomic E-state index is 0.000757. The number of halogens is 1. The predicted octanol–water partition coefficient (Wildman–Crippen LogP) is 2.91. The van der Waals surface area contributed by atoms with Crippen LogP contribution in [0.5, 0.6) is 5.75 Å². The molecule has 0 aliphatic carbocycles. The number of carbonyl (C=O) groups is 1. The predicted molar refractivity (Wildman–Crippen MR) is 62.4 cm³/mol. The molecule has 0 unspecified atom stereocenters. The molecule has 80 valence electrons. The Morgan fingerprint density at radius 2 is 2.00 bits per heavy atom. The molecule has 1 aromatic carbocycles. The van der Waals surface area contributed by atoms with Crippen LogP contribution >= 0.6 is 11.6 Å². The molecule has 0 atom stereocenters. The van der Waals surface area contributed by atoms with E-state index in [1.165, 1.54) is 6.92 Å². The summed E-state index contributed by atoms with van der Waals surface area (Å²) in [6, 6.07) is 7.46. The number of ether oxygens (including phenoxy) is 1. The van der Waals surface area contributed by atoms with Crippen LogP contribution in [0.2, 0.25) is 0 Å². The summed E-state index contributed by atoms with van der Waals surface area (Å²) in [5.74, 6) is 1.03. The van der Waals surface area contributed by atoms with Gasteiger partial charge in [-0.3, -0.25) is 4.79 Å². The molecular formula is C12H13ClO2. The van der Waals surface area contributed by atoms with Crippen LogP contribution in [0.4, 0.5) is 0 Å². The van der Waals surface area contributed by atoms with E-state index in [1.54, 1.807) is 13.2 Å². The third kappa shape index (κ3) is 3.40. The average Bonchev–Trinajstić information content (AvgIpc) is 2.26. The van der Waals surface area contributed by atoms with Crippen molar-refractivity contribution in [2.24, 2.45) is 0 Å². The lowest BCUT2D eigenvalue weighted by atomic mass is 10.1. The van der Waals surface area contributed by atoms with Crippen molar-refractivity contribution in [1.29, 1.82) is 0 Å². The highest BCUT2D eigenvalue weighted by Crippen LogP contribution is 2.14. The molecule has 0 N–H and O–H groups in total. The van der Waals surface area contributed by atoms with Crippen LogP contribution < -0.4 is 4.74 Å². The first-order valence-corrected chi connectivity index (χ1v) is 5.12. The Bertz CT molecular complexity index is 366. The maximum absolute atomic E-state index is 11.1. The maximum atomic E-state index is 11.1. The minimum atomic E-state index is 0.000757. The van der Waals surface area contributed by atoms with Gasteiger partial charge in [-0.25, -0.2) is 0 Å². The summed E-state index contributed by atoms with van der Waals surface area (Å²) < 4.78 is 5.03. The monoisotopic (exact) mass is 224 g/mol. The van der Waals surface area contributed by atoms with Crippen molar-refractivity contribution in [3.63, 3.8) is 0 Å². The van der Waals surface area contributed by atoms with Gasteiger partial charge in [-0.2, -0.15) is 0 Å². The highest BCUT2D eigenvalue weighted by molar-refractivity contribution is 6.23. The van der Waals surface area contributed by atoms with Crippen molar-refractivity contribution in [1.82, 2.24) is 0 Å². The average molecular weight is 225 g/mol. The lowest BCUT2D eigenvalue weighted by Gasteiger charge is -2.01. The number of rotatable bonds is 4. The molecule has 0 aromatic heterocycles. The number of methoxy groups -OCH3 is 1. The van der Waals surface area contributed by atoms with Crippen molar-refractivity contribution >= 4 is 23.5 Å².